The monoisotopic (exact) mass is 184 g/mol. The molecule has 0 amide bonds. The largest absolute Gasteiger partial charge is 0.394 e. The predicted molar refractivity (Wildman–Crippen MR) is 43.9 cm³/mol. The van der Waals surface area contributed by atoms with Crippen LogP contribution in [0.3, 0.4) is 0 Å². The Hall–Kier alpha value is -0.910. The zero-order valence-electron chi connectivity index (χ0n) is 7.04. The molecule has 13 heavy (non-hydrogen) atoms. The summed E-state index contributed by atoms with van der Waals surface area (Å²) in [5.41, 5.74) is 0. The number of rotatable bonds is 1. The molecule has 1 aromatic heterocycles. The molecule has 5 nitrogen and oxygen atoms in total. The Morgan fingerprint density at radius 3 is 3.00 bits per heavy atom. The SMILES string of the molecule is OC[C@@H]1[C@@H](O)C[C@@H](O)c2nccn21. The van der Waals surface area contributed by atoms with Crippen molar-refractivity contribution in [1.82, 2.24) is 9.55 Å². The lowest BCUT2D eigenvalue weighted by molar-refractivity contribution is -0.00270. The molecule has 5 heteroatoms. The fraction of sp³-hybridized carbons (Fsp3) is 0.625. The standard InChI is InChI=1S/C8H12N2O3/c11-4-5-6(12)3-7(13)8-9-1-2-10(5)8/h1-2,5-7,11-13H,3-4H2/t5-,6+,7-/m1/s1. The molecule has 2 heterocycles. The van der Waals surface area contributed by atoms with Crippen molar-refractivity contribution in [1.29, 1.82) is 0 Å². The van der Waals surface area contributed by atoms with Gasteiger partial charge in [0.25, 0.3) is 0 Å². The summed E-state index contributed by atoms with van der Waals surface area (Å²) in [5.74, 6) is 0.518. The van der Waals surface area contributed by atoms with Crippen molar-refractivity contribution in [3.8, 4) is 0 Å². The number of fused-ring (bicyclic) bond motifs is 1. The van der Waals surface area contributed by atoms with E-state index in [2.05, 4.69) is 4.98 Å². The second kappa shape index (κ2) is 3.10. The molecule has 0 saturated carbocycles. The summed E-state index contributed by atoms with van der Waals surface area (Å²) in [4.78, 5) is 3.96. The van der Waals surface area contributed by atoms with E-state index in [1.807, 2.05) is 0 Å². The van der Waals surface area contributed by atoms with E-state index < -0.39 is 12.2 Å². The van der Waals surface area contributed by atoms with Crippen molar-refractivity contribution in [3.05, 3.63) is 18.2 Å². The molecule has 1 aromatic rings. The molecule has 2 rings (SSSR count). The summed E-state index contributed by atoms with van der Waals surface area (Å²) in [6.07, 6.45) is 2.01. The molecule has 0 aromatic carbocycles. The van der Waals surface area contributed by atoms with Crippen LogP contribution in [0.4, 0.5) is 0 Å². The van der Waals surface area contributed by atoms with Gasteiger partial charge in [-0.1, -0.05) is 0 Å². The molecule has 72 valence electrons. The summed E-state index contributed by atoms with van der Waals surface area (Å²) < 4.78 is 1.62. The zero-order valence-corrected chi connectivity index (χ0v) is 7.04. The van der Waals surface area contributed by atoms with E-state index in [0.29, 0.717) is 5.82 Å². The highest BCUT2D eigenvalue weighted by atomic mass is 16.3. The maximum Gasteiger partial charge on any atom is 0.138 e. The van der Waals surface area contributed by atoms with Crippen LogP contribution in [0, 0.1) is 0 Å². The van der Waals surface area contributed by atoms with Crippen LogP contribution < -0.4 is 0 Å². The average molecular weight is 184 g/mol. The van der Waals surface area contributed by atoms with Gasteiger partial charge in [0.05, 0.1) is 18.8 Å². The van der Waals surface area contributed by atoms with Gasteiger partial charge < -0.3 is 19.9 Å². The summed E-state index contributed by atoms with van der Waals surface area (Å²) in [6.45, 7) is -0.142. The van der Waals surface area contributed by atoms with Gasteiger partial charge in [-0.15, -0.1) is 0 Å². The van der Waals surface area contributed by atoms with Crippen molar-refractivity contribution in [2.75, 3.05) is 6.61 Å². The third-order valence-electron chi connectivity index (χ3n) is 2.45. The smallest absolute Gasteiger partial charge is 0.138 e. The maximum absolute atomic E-state index is 9.54. The number of aliphatic hydroxyl groups is 3. The van der Waals surface area contributed by atoms with Crippen LogP contribution in [0.2, 0.25) is 0 Å². The van der Waals surface area contributed by atoms with E-state index in [9.17, 15) is 10.2 Å². The number of nitrogens with zero attached hydrogens (tertiary/aromatic N) is 2. The van der Waals surface area contributed by atoms with Gasteiger partial charge in [0.2, 0.25) is 0 Å². The quantitative estimate of drug-likeness (QED) is 0.534. The van der Waals surface area contributed by atoms with E-state index in [0.717, 1.165) is 0 Å². The van der Waals surface area contributed by atoms with Gasteiger partial charge in [-0.3, -0.25) is 0 Å². The lowest BCUT2D eigenvalue weighted by Gasteiger charge is -2.31. The van der Waals surface area contributed by atoms with Crippen LogP contribution in [0.25, 0.3) is 0 Å². The lowest BCUT2D eigenvalue weighted by Crippen LogP contribution is -2.35. The highest BCUT2D eigenvalue weighted by Gasteiger charge is 2.32. The molecule has 0 bridgehead atoms. The van der Waals surface area contributed by atoms with E-state index in [4.69, 9.17) is 5.11 Å². The van der Waals surface area contributed by atoms with Crippen LogP contribution in [0.5, 0.6) is 0 Å². The number of hydrogen-bond acceptors (Lipinski definition) is 4. The van der Waals surface area contributed by atoms with E-state index in [1.165, 1.54) is 0 Å². The minimum absolute atomic E-state index is 0.142. The van der Waals surface area contributed by atoms with Crippen molar-refractivity contribution < 1.29 is 15.3 Å². The molecule has 0 fully saturated rings. The van der Waals surface area contributed by atoms with Gasteiger partial charge >= 0.3 is 0 Å². The van der Waals surface area contributed by atoms with Crippen LogP contribution in [0.1, 0.15) is 24.4 Å². The summed E-state index contributed by atoms with van der Waals surface area (Å²) in [5, 5.41) is 28.1. The third kappa shape index (κ3) is 1.25. The van der Waals surface area contributed by atoms with Gasteiger partial charge in [-0.05, 0) is 0 Å². The van der Waals surface area contributed by atoms with Crippen molar-refractivity contribution in [2.24, 2.45) is 0 Å². The molecule has 3 atom stereocenters. The average Bonchev–Trinajstić information content (AvgIpc) is 2.53. The molecule has 0 spiro atoms. The molecular formula is C8H12N2O3. The normalized spacial score (nSPS) is 33.0. The first-order chi connectivity index (χ1) is 6.24. The second-order valence-electron chi connectivity index (χ2n) is 3.26. The topological polar surface area (TPSA) is 78.5 Å². The van der Waals surface area contributed by atoms with Crippen LogP contribution in [-0.2, 0) is 0 Å². The molecule has 1 aliphatic rings. The Kier molecular flexibility index (Phi) is 2.07. The number of aromatic nitrogens is 2. The maximum atomic E-state index is 9.54. The number of imidazole rings is 1. The highest BCUT2D eigenvalue weighted by Crippen LogP contribution is 2.30. The first kappa shape index (κ1) is 8.68. The molecule has 0 radical (unpaired) electrons. The van der Waals surface area contributed by atoms with E-state index in [1.54, 1.807) is 17.0 Å². The van der Waals surface area contributed by atoms with Gasteiger partial charge in [0, 0.05) is 18.8 Å². The third-order valence-corrected chi connectivity index (χ3v) is 2.45. The van der Waals surface area contributed by atoms with Crippen LogP contribution in [0.15, 0.2) is 12.4 Å². The fourth-order valence-electron chi connectivity index (χ4n) is 1.75. The van der Waals surface area contributed by atoms with E-state index >= 15 is 0 Å². The molecule has 0 aliphatic carbocycles. The first-order valence-corrected chi connectivity index (χ1v) is 4.23. The number of aliphatic hydroxyl groups excluding tert-OH is 3. The van der Waals surface area contributed by atoms with Gasteiger partial charge in [0.15, 0.2) is 0 Å². The molecule has 3 N–H and O–H groups in total. The lowest BCUT2D eigenvalue weighted by atomic mass is 10.00. The Morgan fingerprint density at radius 2 is 2.31 bits per heavy atom. The Morgan fingerprint density at radius 1 is 1.54 bits per heavy atom. The second-order valence-corrected chi connectivity index (χ2v) is 3.26. The Balaban J connectivity index is 2.39. The molecule has 1 aliphatic heterocycles. The first-order valence-electron chi connectivity index (χ1n) is 4.23. The van der Waals surface area contributed by atoms with Crippen molar-refractivity contribution in [2.45, 2.75) is 24.7 Å². The summed E-state index contributed by atoms with van der Waals surface area (Å²) in [6, 6.07) is -0.374. The fourth-order valence-corrected chi connectivity index (χ4v) is 1.75. The van der Waals surface area contributed by atoms with Crippen molar-refractivity contribution >= 4 is 0 Å². The van der Waals surface area contributed by atoms with Gasteiger partial charge in [-0.25, -0.2) is 4.98 Å². The van der Waals surface area contributed by atoms with Crippen molar-refractivity contribution in [3.63, 3.8) is 0 Å². The Labute approximate surface area is 75.3 Å². The minimum Gasteiger partial charge on any atom is -0.394 e. The summed E-state index contributed by atoms with van der Waals surface area (Å²) in [7, 11) is 0. The van der Waals surface area contributed by atoms with E-state index in [-0.39, 0.29) is 19.1 Å². The van der Waals surface area contributed by atoms with Crippen LogP contribution >= 0.6 is 0 Å². The van der Waals surface area contributed by atoms with Crippen LogP contribution in [-0.4, -0.2) is 37.6 Å². The minimum atomic E-state index is -0.729. The zero-order chi connectivity index (χ0) is 9.42. The molecule has 0 unspecified atom stereocenters. The molecular weight excluding hydrogens is 172 g/mol. The summed E-state index contributed by atoms with van der Waals surface area (Å²) >= 11 is 0. The highest BCUT2D eigenvalue weighted by molar-refractivity contribution is 5.05. The Bertz CT molecular complexity index is 299. The van der Waals surface area contributed by atoms with Gasteiger partial charge in [-0.2, -0.15) is 0 Å². The molecule has 0 saturated heterocycles. The predicted octanol–water partition coefficient (Wildman–Crippen LogP) is -0.786. The van der Waals surface area contributed by atoms with Gasteiger partial charge in [0.1, 0.15) is 11.9 Å². The number of hydrogen-bond donors (Lipinski definition) is 3.